The number of sulfonamides is 1. The zero-order valence-electron chi connectivity index (χ0n) is 17.6. The quantitative estimate of drug-likeness (QED) is 0.594. The molecule has 0 radical (unpaired) electrons. The van der Waals surface area contributed by atoms with Gasteiger partial charge in [-0.15, -0.1) is 0 Å². The largest absolute Gasteiger partial charge is 0.494 e. The summed E-state index contributed by atoms with van der Waals surface area (Å²) in [6.45, 7) is 2.51. The highest BCUT2D eigenvalue weighted by Crippen LogP contribution is 2.36. The summed E-state index contributed by atoms with van der Waals surface area (Å²) in [6.07, 6.45) is -0.998. The summed E-state index contributed by atoms with van der Waals surface area (Å²) in [5.74, 6) is 0.630. The van der Waals surface area contributed by atoms with Crippen molar-refractivity contribution in [2.45, 2.75) is 24.5 Å². The first kappa shape index (κ1) is 21.7. The molecule has 0 aromatic heterocycles. The Labute approximate surface area is 187 Å². The third kappa shape index (κ3) is 4.40. The second-order valence-corrected chi connectivity index (χ2v) is 9.04. The minimum absolute atomic E-state index is 0.132. The Kier molecular flexibility index (Phi) is 6.32. The summed E-state index contributed by atoms with van der Waals surface area (Å²) in [4.78, 5) is 13.1. The standard InChI is InChI=1S/C24H24N2O5S/c1-2-30-21-14-8-6-10-18(21)16-25-24(27)23-17-26(20-13-7-9-15-22(20)31-23)32(28,29)19-11-4-3-5-12-19/h3-15,23H,2,16-17H2,1H3,(H,25,27)/t23-/m0/s1. The lowest BCUT2D eigenvalue weighted by atomic mass is 10.2. The van der Waals surface area contributed by atoms with Crippen molar-refractivity contribution in [1.82, 2.24) is 5.32 Å². The third-order valence-corrected chi connectivity index (χ3v) is 6.88. The van der Waals surface area contributed by atoms with Gasteiger partial charge in [0, 0.05) is 12.1 Å². The van der Waals surface area contributed by atoms with E-state index in [0.717, 1.165) is 5.56 Å². The van der Waals surface area contributed by atoms with Crippen LogP contribution in [0.1, 0.15) is 12.5 Å². The van der Waals surface area contributed by atoms with Crippen molar-refractivity contribution in [3.05, 3.63) is 84.4 Å². The third-order valence-electron chi connectivity index (χ3n) is 5.08. The van der Waals surface area contributed by atoms with Gasteiger partial charge >= 0.3 is 0 Å². The van der Waals surface area contributed by atoms with Gasteiger partial charge < -0.3 is 14.8 Å². The van der Waals surface area contributed by atoms with Crippen LogP contribution in [0.4, 0.5) is 5.69 Å². The smallest absolute Gasteiger partial charge is 0.264 e. The van der Waals surface area contributed by atoms with Crippen LogP contribution in [0.5, 0.6) is 11.5 Å². The normalized spacial score (nSPS) is 15.4. The van der Waals surface area contributed by atoms with E-state index >= 15 is 0 Å². The minimum Gasteiger partial charge on any atom is -0.494 e. The van der Waals surface area contributed by atoms with Crippen LogP contribution in [0.25, 0.3) is 0 Å². The summed E-state index contributed by atoms with van der Waals surface area (Å²) in [6, 6.07) is 22.4. The van der Waals surface area contributed by atoms with Crippen molar-refractivity contribution in [3.63, 3.8) is 0 Å². The lowest BCUT2D eigenvalue weighted by Gasteiger charge is -2.34. The number of carbonyl (C=O) groups is 1. The van der Waals surface area contributed by atoms with E-state index < -0.39 is 22.0 Å². The van der Waals surface area contributed by atoms with E-state index in [1.807, 2.05) is 31.2 Å². The molecule has 1 aliphatic rings. The molecule has 0 saturated carbocycles. The summed E-state index contributed by atoms with van der Waals surface area (Å²) in [5.41, 5.74) is 1.23. The van der Waals surface area contributed by atoms with Crippen LogP contribution in [0, 0.1) is 0 Å². The number of ether oxygens (including phenoxy) is 2. The number of nitrogens with zero attached hydrogens (tertiary/aromatic N) is 1. The predicted molar refractivity (Wildman–Crippen MR) is 121 cm³/mol. The maximum Gasteiger partial charge on any atom is 0.264 e. The Hall–Kier alpha value is -3.52. The monoisotopic (exact) mass is 452 g/mol. The Morgan fingerprint density at radius 1 is 1.03 bits per heavy atom. The van der Waals surface area contributed by atoms with Crippen LogP contribution >= 0.6 is 0 Å². The number of fused-ring (bicyclic) bond motifs is 1. The van der Waals surface area contributed by atoms with Crippen molar-refractivity contribution in [2.24, 2.45) is 0 Å². The number of benzene rings is 3. The van der Waals surface area contributed by atoms with E-state index in [0.29, 0.717) is 23.8 Å². The fourth-order valence-electron chi connectivity index (χ4n) is 3.53. The molecular formula is C24H24N2O5S. The lowest BCUT2D eigenvalue weighted by molar-refractivity contribution is -0.127. The number of hydrogen-bond acceptors (Lipinski definition) is 5. The first-order valence-corrected chi connectivity index (χ1v) is 11.8. The minimum atomic E-state index is -3.87. The predicted octanol–water partition coefficient (Wildman–Crippen LogP) is 3.36. The van der Waals surface area contributed by atoms with Crippen molar-refractivity contribution >= 4 is 21.6 Å². The van der Waals surface area contributed by atoms with Crippen LogP contribution in [-0.2, 0) is 21.4 Å². The summed E-state index contributed by atoms with van der Waals surface area (Å²) in [7, 11) is -3.87. The van der Waals surface area contributed by atoms with Crippen LogP contribution < -0.4 is 19.1 Å². The average Bonchev–Trinajstić information content (AvgIpc) is 2.83. The number of nitrogens with one attached hydrogen (secondary N) is 1. The highest BCUT2D eigenvalue weighted by molar-refractivity contribution is 7.92. The summed E-state index contributed by atoms with van der Waals surface area (Å²) >= 11 is 0. The SMILES string of the molecule is CCOc1ccccc1CNC(=O)[C@@H]1CN(S(=O)(=O)c2ccccc2)c2ccccc2O1. The molecule has 1 atom stereocenters. The molecule has 8 heteroatoms. The van der Waals surface area contributed by atoms with Gasteiger partial charge in [0.05, 0.1) is 23.7 Å². The molecule has 7 nitrogen and oxygen atoms in total. The maximum absolute atomic E-state index is 13.3. The Morgan fingerprint density at radius 3 is 2.50 bits per heavy atom. The Bertz CT molecular complexity index is 1200. The fourth-order valence-corrected chi connectivity index (χ4v) is 5.03. The van der Waals surface area contributed by atoms with E-state index in [1.54, 1.807) is 42.5 Å². The van der Waals surface area contributed by atoms with E-state index in [1.165, 1.54) is 16.4 Å². The van der Waals surface area contributed by atoms with Gasteiger partial charge in [0.2, 0.25) is 0 Å². The number of rotatable bonds is 7. The van der Waals surface area contributed by atoms with Gasteiger partial charge in [0.25, 0.3) is 15.9 Å². The maximum atomic E-state index is 13.3. The zero-order valence-corrected chi connectivity index (χ0v) is 18.4. The van der Waals surface area contributed by atoms with Crippen LogP contribution in [-0.4, -0.2) is 33.6 Å². The molecular weight excluding hydrogens is 428 g/mol. The van der Waals surface area contributed by atoms with Gasteiger partial charge in [0.15, 0.2) is 6.10 Å². The van der Waals surface area contributed by atoms with E-state index in [-0.39, 0.29) is 18.0 Å². The molecule has 0 saturated heterocycles. The molecule has 0 spiro atoms. The molecule has 0 aliphatic carbocycles. The molecule has 0 bridgehead atoms. The molecule has 0 fully saturated rings. The van der Waals surface area contributed by atoms with Gasteiger partial charge in [-0.3, -0.25) is 9.10 Å². The van der Waals surface area contributed by atoms with E-state index in [2.05, 4.69) is 5.32 Å². The molecule has 3 aromatic carbocycles. The molecule has 4 rings (SSSR count). The van der Waals surface area contributed by atoms with Crippen LogP contribution in [0.2, 0.25) is 0 Å². The molecule has 32 heavy (non-hydrogen) atoms. The highest BCUT2D eigenvalue weighted by Gasteiger charge is 2.37. The summed E-state index contributed by atoms with van der Waals surface area (Å²) < 4.78 is 39.4. The molecule has 1 aliphatic heterocycles. The van der Waals surface area contributed by atoms with Crippen molar-refractivity contribution in [1.29, 1.82) is 0 Å². The van der Waals surface area contributed by atoms with Crippen molar-refractivity contribution < 1.29 is 22.7 Å². The van der Waals surface area contributed by atoms with E-state index in [4.69, 9.17) is 9.47 Å². The summed E-state index contributed by atoms with van der Waals surface area (Å²) in [5, 5.41) is 2.84. The lowest BCUT2D eigenvalue weighted by Crippen LogP contribution is -2.50. The average molecular weight is 453 g/mol. The molecule has 3 aromatic rings. The van der Waals surface area contributed by atoms with Gasteiger partial charge in [0.1, 0.15) is 11.5 Å². The van der Waals surface area contributed by atoms with Gasteiger partial charge in [-0.1, -0.05) is 48.5 Å². The fraction of sp³-hybridized carbons (Fsp3) is 0.208. The Balaban J connectivity index is 1.57. The van der Waals surface area contributed by atoms with Crippen molar-refractivity contribution in [2.75, 3.05) is 17.5 Å². The topological polar surface area (TPSA) is 84.9 Å². The van der Waals surface area contributed by atoms with Gasteiger partial charge in [-0.05, 0) is 37.3 Å². The van der Waals surface area contributed by atoms with Crippen LogP contribution in [0.15, 0.2) is 83.8 Å². The van der Waals surface area contributed by atoms with Crippen molar-refractivity contribution in [3.8, 4) is 11.5 Å². The molecule has 1 N–H and O–H groups in total. The van der Waals surface area contributed by atoms with Gasteiger partial charge in [-0.2, -0.15) is 0 Å². The van der Waals surface area contributed by atoms with Gasteiger partial charge in [-0.25, -0.2) is 8.42 Å². The first-order valence-electron chi connectivity index (χ1n) is 10.3. The first-order chi connectivity index (χ1) is 15.5. The molecule has 166 valence electrons. The molecule has 0 unspecified atom stereocenters. The number of anilines is 1. The van der Waals surface area contributed by atoms with Crippen LogP contribution in [0.3, 0.4) is 0 Å². The Morgan fingerprint density at radius 2 is 1.72 bits per heavy atom. The second-order valence-electron chi connectivity index (χ2n) is 7.18. The number of amides is 1. The molecule has 1 amide bonds. The number of carbonyl (C=O) groups excluding carboxylic acids is 1. The highest BCUT2D eigenvalue weighted by atomic mass is 32.2. The number of para-hydroxylation sites is 3. The molecule has 1 heterocycles. The number of hydrogen-bond donors (Lipinski definition) is 1. The second kappa shape index (κ2) is 9.32. The van der Waals surface area contributed by atoms with E-state index in [9.17, 15) is 13.2 Å². The zero-order chi connectivity index (χ0) is 22.6.